The van der Waals surface area contributed by atoms with Gasteiger partial charge in [0, 0.05) is 35.3 Å². The maximum Gasteiger partial charge on any atom is 0.321 e. The number of nitrogens with zero attached hydrogens (tertiary/aromatic N) is 3. The molecular formula is C21H18ClFN6O3S. The molecule has 0 aliphatic carbocycles. The lowest BCUT2D eigenvalue weighted by molar-refractivity contribution is -0.121. The van der Waals surface area contributed by atoms with Gasteiger partial charge in [0.05, 0.1) is 5.75 Å². The van der Waals surface area contributed by atoms with Gasteiger partial charge in [0.2, 0.25) is 11.8 Å². The normalized spacial score (nSPS) is 15.6. The summed E-state index contributed by atoms with van der Waals surface area (Å²) >= 11 is 7.18. The van der Waals surface area contributed by atoms with Gasteiger partial charge in [0.25, 0.3) is 0 Å². The van der Waals surface area contributed by atoms with E-state index in [1.165, 1.54) is 24.3 Å². The second-order valence-corrected chi connectivity index (χ2v) is 8.56. The largest absolute Gasteiger partial charge is 0.334 e. The predicted molar refractivity (Wildman–Crippen MR) is 121 cm³/mol. The van der Waals surface area contributed by atoms with Crippen molar-refractivity contribution in [2.75, 3.05) is 11.1 Å². The van der Waals surface area contributed by atoms with Gasteiger partial charge in [-0.15, -0.1) is 10.2 Å². The highest BCUT2D eigenvalue weighted by molar-refractivity contribution is 7.99. The number of carbonyl (C=O) groups excluding carboxylic acids is 3. The van der Waals surface area contributed by atoms with Gasteiger partial charge in [-0.3, -0.25) is 19.5 Å². The van der Waals surface area contributed by atoms with Gasteiger partial charge in [-0.1, -0.05) is 23.4 Å². The van der Waals surface area contributed by atoms with Crippen LogP contribution in [-0.2, 0) is 16.0 Å². The van der Waals surface area contributed by atoms with Crippen LogP contribution in [0.15, 0.2) is 53.7 Å². The Morgan fingerprint density at radius 2 is 1.88 bits per heavy atom. The third kappa shape index (κ3) is 5.88. The van der Waals surface area contributed by atoms with Crippen LogP contribution in [0.25, 0.3) is 5.69 Å². The first kappa shape index (κ1) is 22.7. The van der Waals surface area contributed by atoms with Crippen molar-refractivity contribution in [2.24, 2.45) is 0 Å². The third-order valence-corrected chi connectivity index (χ3v) is 5.88. The van der Waals surface area contributed by atoms with E-state index in [4.69, 9.17) is 11.6 Å². The molecule has 9 nitrogen and oxygen atoms in total. The highest BCUT2D eigenvalue weighted by Gasteiger charge is 2.27. The average molecular weight is 489 g/mol. The number of amides is 4. The quantitative estimate of drug-likeness (QED) is 0.440. The van der Waals surface area contributed by atoms with E-state index in [1.807, 2.05) is 0 Å². The van der Waals surface area contributed by atoms with Crippen LogP contribution in [0, 0.1) is 5.82 Å². The van der Waals surface area contributed by atoms with Crippen molar-refractivity contribution < 1.29 is 18.8 Å². The Hall–Kier alpha value is -3.44. The number of carbonyl (C=O) groups is 3. The van der Waals surface area contributed by atoms with Crippen LogP contribution in [0.2, 0.25) is 5.02 Å². The average Bonchev–Trinajstić information content (AvgIpc) is 3.16. The Morgan fingerprint density at radius 3 is 2.58 bits per heavy atom. The zero-order valence-corrected chi connectivity index (χ0v) is 18.6. The lowest BCUT2D eigenvalue weighted by Crippen LogP contribution is -2.53. The highest BCUT2D eigenvalue weighted by atomic mass is 35.5. The molecule has 33 heavy (non-hydrogen) atoms. The van der Waals surface area contributed by atoms with E-state index in [0.29, 0.717) is 27.4 Å². The minimum absolute atomic E-state index is 0.0334. The maximum atomic E-state index is 13.0. The number of anilines is 1. The van der Waals surface area contributed by atoms with E-state index in [2.05, 4.69) is 26.1 Å². The topological polar surface area (TPSA) is 118 Å². The van der Waals surface area contributed by atoms with E-state index in [0.717, 1.165) is 11.8 Å². The zero-order chi connectivity index (χ0) is 23.4. The number of hydrogen-bond acceptors (Lipinski definition) is 6. The van der Waals surface area contributed by atoms with Crippen LogP contribution in [-0.4, -0.2) is 44.4 Å². The Morgan fingerprint density at radius 1 is 1.15 bits per heavy atom. The number of thioether (sulfide) groups is 1. The lowest BCUT2D eigenvalue weighted by Gasteiger charge is -2.23. The first-order chi connectivity index (χ1) is 15.9. The minimum atomic E-state index is -0.555. The number of imide groups is 1. The van der Waals surface area contributed by atoms with Gasteiger partial charge in [0.15, 0.2) is 5.16 Å². The van der Waals surface area contributed by atoms with Crippen LogP contribution in [0.5, 0.6) is 0 Å². The Labute approximate surface area is 197 Å². The molecule has 1 unspecified atom stereocenters. The van der Waals surface area contributed by atoms with E-state index < -0.39 is 17.9 Å². The molecule has 1 aliphatic heterocycles. The first-order valence-electron chi connectivity index (χ1n) is 9.86. The van der Waals surface area contributed by atoms with E-state index in [1.54, 1.807) is 28.8 Å². The molecule has 0 radical (unpaired) electrons. The van der Waals surface area contributed by atoms with Gasteiger partial charge in [0.1, 0.15) is 11.6 Å². The molecule has 0 spiro atoms. The van der Waals surface area contributed by atoms with Crippen LogP contribution in [0.1, 0.15) is 12.2 Å². The first-order valence-corrected chi connectivity index (χ1v) is 11.2. The molecule has 1 aromatic heterocycles. The summed E-state index contributed by atoms with van der Waals surface area (Å²) in [4.78, 5) is 35.7. The summed E-state index contributed by atoms with van der Waals surface area (Å²) in [6, 6.07) is 11.5. The minimum Gasteiger partial charge on any atom is -0.334 e. The number of hydrogen-bond donors (Lipinski definition) is 3. The van der Waals surface area contributed by atoms with E-state index in [-0.39, 0.29) is 30.4 Å². The van der Waals surface area contributed by atoms with E-state index in [9.17, 15) is 18.8 Å². The van der Waals surface area contributed by atoms with Crippen molar-refractivity contribution in [3.8, 4) is 5.69 Å². The zero-order valence-electron chi connectivity index (χ0n) is 17.0. The summed E-state index contributed by atoms with van der Waals surface area (Å²) in [5.41, 5.74) is 1.20. The number of urea groups is 1. The molecule has 3 N–H and O–H groups in total. The molecule has 1 fully saturated rings. The second kappa shape index (κ2) is 10.0. The van der Waals surface area contributed by atoms with Crippen molar-refractivity contribution in [2.45, 2.75) is 24.0 Å². The van der Waals surface area contributed by atoms with Crippen molar-refractivity contribution in [1.82, 2.24) is 25.4 Å². The van der Waals surface area contributed by atoms with Crippen molar-refractivity contribution >= 4 is 46.9 Å². The van der Waals surface area contributed by atoms with Crippen molar-refractivity contribution in [3.63, 3.8) is 0 Å². The number of rotatable bonds is 7. The SMILES string of the molecule is O=C1CC(Cc2nnc(SCC(=O)Nc3ccc(F)cc3)n2-c2ccc(Cl)cc2)NC(=O)N1. The number of aromatic nitrogens is 3. The Kier molecular flexibility index (Phi) is 6.90. The van der Waals surface area contributed by atoms with Gasteiger partial charge in [-0.25, -0.2) is 9.18 Å². The summed E-state index contributed by atoms with van der Waals surface area (Å²) in [7, 11) is 0. The smallest absolute Gasteiger partial charge is 0.321 e. The Bertz CT molecular complexity index is 1170. The second-order valence-electron chi connectivity index (χ2n) is 7.18. The van der Waals surface area contributed by atoms with Gasteiger partial charge in [-0.2, -0.15) is 0 Å². The summed E-state index contributed by atoms with van der Waals surface area (Å²) in [6.07, 6.45) is 0.374. The highest BCUT2D eigenvalue weighted by Crippen LogP contribution is 2.25. The fourth-order valence-electron chi connectivity index (χ4n) is 3.25. The maximum absolute atomic E-state index is 13.0. The monoisotopic (exact) mass is 488 g/mol. The van der Waals surface area contributed by atoms with Crippen LogP contribution in [0.4, 0.5) is 14.9 Å². The van der Waals surface area contributed by atoms with Crippen LogP contribution < -0.4 is 16.0 Å². The molecule has 4 amide bonds. The van der Waals surface area contributed by atoms with Crippen LogP contribution >= 0.6 is 23.4 Å². The van der Waals surface area contributed by atoms with E-state index >= 15 is 0 Å². The third-order valence-electron chi connectivity index (χ3n) is 4.69. The number of benzene rings is 2. The molecule has 1 saturated heterocycles. The van der Waals surface area contributed by atoms with Crippen molar-refractivity contribution in [3.05, 3.63) is 65.2 Å². The molecular weight excluding hydrogens is 471 g/mol. The summed E-state index contributed by atoms with van der Waals surface area (Å²) in [6.45, 7) is 0. The predicted octanol–water partition coefficient (Wildman–Crippen LogP) is 2.93. The molecule has 2 heterocycles. The van der Waals surface area contributed by atoms with Crippen molar-refractivity contribution in [1.29, 1.82) is 0 Å². The lowest BCUT2D eigenvalue weighted by atomic mass is 10.1. The molecule has 1 atom stereocenters. The standard InChI is InChI=1S/C21H18ClFN6O3S/c22-12-1-7-16(8-2-12)29-17(9-15-10-18(30)26-20(32)25-15)27-28-21(29)33-11-19(31)24-14-5-3-13(23)4-6-14/h1-8,15H,9-11H2,(H,24,31)(H2,25,26,30,32). The van der Waals surface area contributed by atoms with Gasteiger partial charge in [-0.05, 0) is 48.5 Å². The fraction of sp³-hybridized carbons (Fsp3) is 0.190. The molecule has 0 saturated carbocycles. The Balaban J connectivity index is 1.52. The summed E-state index contributed by atoms with van der Waals surface area (Å²) < 4.78 is 14.8. The molecule has 170 valence electrons. The van der Waals surface area contributed by atoms with Crippen LogP contribution in [0.3, 0.4) is 0 Å². The summed E-state index contributed by atoms with van der Waals surface area (Å²) in [5.74, 6) is -0.508. The number of nitrogens with one attached hydrogen (secondary N) is 3. The fourth-order valence-corrected chi connectivity index (χ4v) is 4.15. The molecule has 12 heteroatoms. The molecule has 2 aromatic carbocycles. The number of halogens is 2. The summed E-state index contributed by atoms with van der Waals surface area (Å²) in [5, 5.41) is 17.0. The molecule has 1 aliphatic rings. The van der Waals surface area contributed by atoms with Gasteiger partial charge >= 0.3 is 6.03 Å². The molecule has 4 rings (SSSR count). The van der Waals surface area contributed by atoms with Gasteiger partial charge < -0.3 is 10.6 Å². The molecule has 3 aromatic rings. The molecule has 0 bridgehead atoms.